The quantitative estimate of drug-likeness (QED) is 0.0386. The molecule has 0 spiro atoms. The molecule has 4 fully saturated rings. The van der Waals surface area contributed by atoms with Gasteiger partial charge in [-0.3, -0.25) is 9.59 Å². The summed E-state index contributed by atoms with van der Waals surface area (Å²) in [5, 5.41) is 159. The maximum absolute atomic E-state index is 13.7. The van der Waals surface area contributed by atoms with E-state index in [9.17, 15) is 81.1 Å². The van der Waals surface area contributed by atoms with Gasteiger partial charge in [-0.1, -0.05) is 194 Å². The molecule has 0 unspecified atom stereocenters. The molecule has 4 rings (SSSR count). The molecule has 0 aromatic carbocycles. The van der Waals surface area contributed by atoms with Crippen molar-refractivity contribution in [3.8, 4) is 0 Å². The molecule has 0 bridgehead atoms. The number of carbonyl (C=O) groups excluding carboxylic acids is 2. The number of aliphatic hydroxyl groups excluding tert-OH is 14. The van der Waals surface area contributed by atoms with Crippen molar-refractivity contribution in [2.75, 3.05) is 26.4 Å². The molecule has 26 nitrogen and oxygen atoms in total. The van der Waals surface area contributed by atoms with Gasteiger partial charge in [-0.05, 0) is 19.8 Å². The Labute approximate surface area is 533 Å². The van der Waals surface area contributed by atoms with E-state index in [2.05, 4.69) is 24.5 Å². The summed E-state index contributed by atoms with van der Waals surface area (Å²) in [5.41, 5.74) is 0. The number of hydrogen-bond acceptors (Lipinski definition) is 24. The molecular formula is C64H120N2O24. The first-order chi connectivity index (χ1) is 43.2. The third-order valence-corrected chi connectivity index (χ3v) is 18.0. The van der Waals surface area contributed by atoms with Crippen LogP contribution in [0.25, 0.3) is 0 Å². The standard InChI is InChI=1S/C64H120N2O24/c1-5-7-9-11-13-15-17-19-20-21-22-24-26-28-30-32-34-43(71)60(82)66-41(48(72)42(70)33-31-29-27-25-23-18-16-14-12-10-8-6-2)36-83-64-59(54(78)49(73)44(35-67)86-64)90-63-56(80)53(77)51(75)46(88-63)37-84-61-47(65-40(4)69)52(76)50(74)45(87-61)38-85-62-57(81)55(79)58(89-62)39(3)68/h39,41-59,61-64,67-68,70-81H,5-38H2,1-4H3,(H,65,69)(H,66,82)/t39-,41-,42+,43+,44+,45+,46+,47+,48-,49-,50-,51-,52+,53-,54-,55-,56+,57-,58+,59+,61+,62-,63+,64-/m0/s1. The Kier molecular flexibility index (Phi) is 40.0. The van der Waals surface area contributed by atoms with E-state index in [1.807, 2.05) is 0 Å². The Hall–Kier alpha value is -1.94. The van der Waals surface area contributed by atoms with E-state index in [1.165, 1.54) is 116 Å². The number of aliphatic hydroxyl groups is 14. The monoisotopic (exact) mass is 1300 g/mol. The Morgan fingerprint density at radius 2 is 0.878 bits per heavy atom. The molecular weight excluding hydrogens is 1180 g/mol. The van der Waals surface area contributed by atoms with Crippen LogP contribution in [0, 0.1) is 0 Å². The van der Waals surface area contributed by atoms with Gasteiger partial charge in [0.2, 0.25) is 11.8 Å². The minimum atomic E-state index is -2.09. The lowest BCUT2D eigenvalue weighted by Gasteiger charge is -2.47. The average molecular weight is 1300 g/mol. The van der Waals surface area contributed by atoms with Gasteiger partial charge in [0, 0.05) is 6.92 Å². The van der Waals surface area contributed by atoms with Crippen LogP contribution in [0.15, 0.2) is 0 Å². The molecule has 0 aromatic rings. The summed E-state index contributed by atoms with van der Waals surface area (Å²) in [6.07, 6.45) is -5.34. The number of carbonyl (C=O) groups is 2. The fraction of sp³-hybridized carbons (Fsp3) is 0.969. The SMILES string of the molecule is CCCCCCCCCCCCCCCCCC[C@@H](O)C(=O)N[C@@H](CO[C@H]1O[C@H](CO)[C@H](O)[C@H](O)[C@H]1O[C@H]1O[C@H](CO[C@@H]2O[C@H](CO[C@H]3O[C@H]([C@H](C)O)[C@@H](O)[C@@H]3O)[C@H](O)[C@H](O)[C@H]2NC(C)=O)[C@H](O)[C@H](O)[C@H]1O)[C@H](O)[C@H](O)CCCCCCCCCCCCCC. The van der Waals surface area contributed by atoms with Crippen LogP contribution in [-0.2, 0) is 47.5 Å². The number of hydrogen-bond donors (Lipinski definition) is 16. The normalized spacial score (nSPS) is 33.2. The molecule has 16 N–H and O–H groups in total. The lowest BCUT2D eigenvalue weighted by atomic mass is 9.96. The predicted octanol–water partition coefficient (Wildman–Crippen LogP) is 1.76. The summed E-state index contributed by atoms with van der Waals surface area (Å²) in [4.78, 5) is 26.0. The Bertz CT molecular complexity index is 1870. The van der Waals surface area contributed by atoms with Gasteiger partial charge in [-0.15, -0.1) is 0 Å². The summed E-state index contributed by atoms with van der Waals surface area (Å²) in [6, 6.07) is -2.91. The van der Waals surface area contributed by atoms with Crippen molar-refractivity contribution in [3.63, 3.8) is 0 Å². The van der Waals surface area contributed by atoms with E-state index in [1.54, 1.807) is 0 Å². The molecule has 90 heavy (non-hydrogen) atoms. The third-order valence-electron chi connectivity index (χ3n) is 18.0. The second kappa shape index (κ2) is 44.7. The molecule has 0 saturated carbocycles. The zero-order valence-corrected chi connectivity index (χ0v) is 54.2. The van der Waals surface area contributed by atoms with E-state index in [0.717, 1.165) is 64.7 Å². The molecule has 530 valence electrons. The fourth-order valence-corrected chi connectivity index (χ4v) is 12.2. The van der Waals surface area contributed by atoms with Gasteiger partial charge in [0.25, 0.3) is 0 Å². The van der Waals surface area contributed by atoms with Crippen molar-refractivity contribution in [3.05, 3.63) is 0 Å². The topological polar surface area (TPSA) is 415 Å². The van der Waals surface area contributed by atoms with Crippen LogP contribution in [0.3, 0.4) is 0 Å². The van der Waals surface area contributed by atoms with Gasteiger partial charge in [-0.25, -0.2) is 0 Å². The maximum Gasteiger partial charge on any atom is 0.249 e. The van der Waals surface area contributed by atoms with Crippen molar-refractivity contribution < 1.29 is 119 Å². The Morgan fingerprint density at radius 1 is 0.456 bits per heavy atom. The first-order valence-corrected chi connectivity index (χ1v) is 34.3. The number of rotatable bonds is 48. The molecule has 4 aliphatic rings. The minimum absolute atomic E-state index is 0.126. The summed E-state index contributed by atoms with van der Waals surface area (Å²) in [7, 11) is 0. The lowest BCUT2D eigenvalue weighted by Crippen LogP contribution is -2.66. The predicted molar refractivity (Wildman–Crippen MR) is 328 cm³/mol. The van der Waals surface area contributed by atoms with E-state index in [-0.39, 0.29) is 12.8 Å². The van der Waals surface area contributed by atoms with Crippen LogP contribution in [0.1, 0.15) is 220 Å². The molecule has 0 radical (unpaired) electrons. The largest absolute Gasteiger partial charge is 0.394 e. The molecule has 0 aromatic heterocycles. The maximum atomic E-state index is 13.7. The summed E-state index contributed by atoms with van der Waals surface area (Å²) < 4.78 is 46.6. The first-order valence-electron chi connectivity index (χ1n) is 34.3. The third kappa shape index (κ3) is 27.3. The Morgan fingerprint density at radius 3 is 1.34 bits per heavy atom. The molecule has 4 heterocycles. The summed E-state index contributed by atoms with van der Waals surface area (Å²) >= 11 is 0. The van der Waals surface area contributed by atoms with Gasteiger partial charge >= 0.3 is 0 Å². The van der Waals surface area contributed by atoms with Gasteiger partial charge in [0.05, 0.1) is 44.7 Å². The second-order valence-electron chi connectivity index (χ2n) is 25.7. The number of unbranched alkanes of at least 4 members (excludes halogenated alkanes) is 26. The average Bonchev–Trinajstić information content (AvgIpc) is 0.930. The van der Waals surface area contributed by atoms with E-state index < -0.39 is 185 Å². The molecule has 2 amide bonds. The number of ether oxygens (including phenoxy) is 8. The zero-order valence-electron chi connectivity index (χ0n) is 54.2. The molecule has 24 atom stereocenters. The van der Waals surface area contributed by atoms with Crippen molar-refractivity contribution >= 4 is 11.8 Å². The van der Waals surface area contributed by atoms with Crippen molar-refractivity contribution in [2.45, 2.75) is 367 Å². The van der Waals surface area contributed by atoms with E-state index in [4.69, 9.17) is 37.9 Å². The molecule has 4 aliphatic heterocycles. The summed E-state index contributed by atoms with van der Waals surface area (Å²) in [5.74, 6) is -1.54. The van der Waals surface area contributed by atoms with Crippen LogP contribution in [-0.4, -0.2) is 257 Å². The van der Waals surface area contributed by atoms with E-state index >= 15 is 0 Å². The number of nitrogens with one attached hydrogen (secondary N) is 2. The van der Waals surface area contributed by atoms with Crippen LogP contribution in [0.4, 0.5) is 0 Å². The highest BCUT2D eigenvalue weighted by molar-refractivity contribution is 5.80. The smallest absolute Gasteiger partial charge is 0.249 e. The highest BCUT2D eigenvalue weighted by Gasteiger charge is 2.53. The van der Waals surface area contributed by atoms with Crippen LogP contribution in [0.2, 0.25) is 0 Å². The van der Waals surface area contributed by atoms with Gasteiger partial charge in [0.1, 0.15) is 104 Å². The lowest BCUT2D eigenvalue weighted by molar-refractivity contribution is -0.371. The van der Waals surface area contributed by atoms with Gasteiger partial charge < -0.3 is 120 Å². The highest BCUT2D eigenvalue weighted by atomic mass is 16.8. The van der Waals surface area contributed by atoms with Gasteiger partial charge in [0.15, 0.2) is 25.2 Å². The summed E-state index contributed by atoms with van der Waals surface area (Å²) in [6.45, 7) is 3.96. The Balaban J connectivity index is 1.40. The molecule has 4 saturated heterocycles. The molecule has 0 aliphatic carbocycles. The van der Waals surface area contributed by atoms with Crippen molar-refractivity contribution in [1.82, 2.24) is 10.6 Å². The highest BCUT2D eigenvalue weighted by Crippen LogP contribution is 2.33. The molecule has 26 heteroatoms. The van der Waals surface area contributed by atoms with Crippen molar-refractivity contribution in [1.29, 1.82) is 0 Å². The number of amides is 2. The van der Waals surface area contributed by atoms with Crippen LogP contribution >= 0.6 is 0 Å². The zero-order chi connectivity index (χ0) is 66.1. The van der Waals surface area contributed by atoms with Crippen LogP contribution in [0.5, 0.6) is 0 Å². The minimum Gasteiger partial charge on any atom is -0.394 e. The second-order valence-corrected chi connectivity index (χ2v) is 25.7. The van der Waals surface area contributed by atoms with E-state index in [0.29, 0.717) is 12.8 Å². The van der Waals surface area contributed by atoms with Gasteiger partial charge in [-0.2, -0.15) is 0 Å². The van der Waals surface area contributed by atoms with Crippen molar-refractivity contribution in [2.24, 2.45) is 0 Å². The first kappa shape index (κ1) is 80.5. The van der Waals surface area contributed by atoms with Crippen LogP contribution < -0.4 is 10.6 Å². The fourth-order valence-electron chi connectivity index (χ4n) is 12.2.